The van der Waals surface area contributed by atoms with E-state index in [2.05, 4.69) is 19.2 Å². The number of rotatable bonds is 5. The Labute approximate surface area is 75.7 Å². The minimum absolute atomic E-state index is 0.629. The van der Waals surface area contributed by atoms with Gasteiger partial charge in [0.1, 0.15) is 0 Å². The van der Waals surface area contributed by atoms with Crippen LogP contribution in [0.4, 0.5) is 0 Å². The quantitative estimate of drug-likeness (QED) is 0.637. The average Bonchev–Trinajstić information content (AvgIpc) is 2.49. The van der Waals surface area contributed by atoms with Crippen LogP contribution in [0.2, 0.25) is 0 Å². The summed E-state index contributed by atoms with van der Waals surface area (Å²) in [5.74, 6) is 0.846. The van der Waals surface area contributed by atoms with Gasteiger partial charge in [-0.15, -0.1) is 0 Å². The highest BCUT2D eigenvalue weighted by Crippen LogP contribution is 2.17. The van der Waals surface area contributed by atoms with Gasteiger partial charge in [-0.25, -0.2) is 0 Å². The molecule has 72 valence electrons. The van der Waals surface area contributed by atoms with Crippen molar-refractivity contribution in [1.29, 1.82) is 0 Å². The Morgan fingerprint density at radius 2 is 2.33 bits per heavy atom. The smallest absolute Gasteiger partial charge is 0.0495 e. The van der Waals surface area contributed by atoms with E-state index in [-0.39, 0.29) is 0 Å². The van der Waals surface area contributed by atoms with Gasteiger partial charge in [-0.05, 0) is 31.7 Å². The van der Waals surface area contributed by atoms with Crippen LogP contribution in [0.15, 0.2) is 0 Å². The molecule has 0 spiro atoms. The first-order valence-electron chi connectivity index (χ1n) is 5.10. The van der Waals surface area contributed by atoms with Crippen molar-refractivity contribution in [2.45, 2.75) is 39.2 Å². The zero-order valence-electron chi connectivity index (χ0n) is 8.31. The molecule has 12 heavy (non-hydrogen) atoms. The molecular weight excluding hydrogens is 150 g/mol. The zero-order chi connectivity index (χ0) is 8.81. The Morgan fingerprint density at radius 1 is 1.50 bits per heavy atom. The van der Waals surface area contributed by atoms with Gasteiger partial charge in [0, 0.05) is 19.3 Å². The molecule has 1 fully saturated rings. The van der Waals surface area contributed by atoms with Crippen LogP contribution in [-0.4, -0.2) is 25.8 Å². The summed E-state index contributed by atoms with van der Waals surface area (Å²) in [5, 5.41) is 3.43. The van der Waals surface area contributed by atoms with Gasteiger partial charge in [0.25, 0.3) is 0 Å². The van der Waals surface area contributed by atoms with Crippen LogP contribution < -0.4 is 5.32 Å². The first-order chi connectivity index (χ1) is 5.79. The average molecular weight is 171 g/mol. The summed E-state index contributed by atoms with van der Waals surface area (Å²) in [6.07, 6.45) is 3.91. The second-order valence-corrected chi connectivity index (χ2v) is 3.98. The Bertz CT molecular complexity index is 108. The first-order valence-corrected chi connectivity index (χ1v) is 5.10. The predicted octanol–water partition coefficient (Wildman–Crippen LogP) is 1.80. The third-order valence-corrected chi connectivity index (χ3v) is 2.37. The molecule has 0 bridgehead atoms. The highest BCUT2D eigenvalue weighted by Gasteiger charge is 2.14. The summed E-state index contributed by atoms with van der Waals surface area (Å²) < 4.78 is 5.31. The number of hydrogen-bond acceptors (Lipinski definition) is 2. The lowest BCUT2D eigenvalue weighted by atomic mass is 10.0. The molecule has 1 aliphatic heterocycles. The van der Waals surface area contributed by atoms with Crippen LogP contribution in [0.1, 0.15) is 33.1 Å². The molecule has 0 aromatic rings. The number of hydrogen-bond donors (Lipinski definition) is 1. The standard InChI is InChI=1S/C10H21NO/c1-9(2)11-6-3-4-10-5-7-12-8-10/h9-11H,3-8H2,1-2H3. The van der Waals surface area contributed by atoms with E-state index in [0.717, 1.165) is 25.7 Å². The molecule has 1 saturated heterocycles. The lowest BCUT2D eigenvalue weighted by molar-refractivity contribution is 0.183. The minimum Gasteiger partial charge on any atom is -0.381 e. The second kappa shape index (κ2) is 5.55. The third kappa shape index (κ3) is 4.07. The molecule has 0 radical (unpaired) electrons. The number of ether oxygens (including phenoxy) is 1. The van der Waals surface area contributed by atoms with Crippen molar-refractivity contribution in [3.63, 3.8) is 0 Å². The summed E-state index contributed by atoms with van der Waals surface area (Å²) in [7, 11) is 0. The van der Waals surface area contributed by atoms with E-state index in [1.165, 1.54) is 19.3 Å². The van der Waals surface area contributed by atoms with E-state index in [1.807, 2.05) is 0 Å². The molecule has 0 aromatic carbocycles. The van der Waals surface area contributed by atoms with Gasteiger partial charge in [-0.2, -0.15) is 0 Å². The fourth-order valence-corrected chi connectivity index (χ4v) is 1.59. The van der Waals surface area contributed by atoms with Crippen LogP contribution in [0.3, 0.4) is 0 Å². The topological polar surface area (TPSA) is 21.3 Å². The highest BCUT2D eigenvalue weighted by atomic mass is 16.5. The molecular formula is C10H21NO. The van der Waals surface area contributed by atoms with Gasteiger partial charge in [-0.3, -0.25) is 0 Å². The highest BCUT2D eigenvalue weighted by molar-refractivity contribution is 4.65. The molecule has 1 atom stereocenters. The molecule has 2 heteroatoms. The van der Waals surface area contributed by atoms with Crippen molar-refractivity contribution >= 4 is 0 Å². The van der Waals surface area contributed by atoms with Crippen LogP contribution in [0.25, 0.3) is 0 Å². The molecule has 2 nitrogen and oxygen atoms in total. The minimum atomic E-state index is 0.629. The van der Waals surface area contributed by atoms with E-state index in [9.17, 15) is 0 Å². The fraction of sp³-hybridized carbons (Fsp3) is 1.00. The van der Waals surface area contributed by atoms with Crippen LogP contribution in [0, 0.1) is 5.92 Å². The van der Waals surface area contributed by atoms with Crippen LogP contribution >= 0.6 is 0 Å². The maximum Gasteiger partial charge on any atom is 0.0495 e. The van der Waals surface area contributed by atoms with E-state index >= 15 is 0 Å². The second-order valence-electron chi connectivity index (χ2n) is 3.98. The van der Waals surface area contributed by atoms with E-state index in [1.54, 1.807) is 0 Å². The summed E-state index contributed by atoms with van der Waals surface area (Å²) >= 11 is 0. The van der Waals surface area contributed by atoms with Crippen LogP contribution in [-0.2, 0) is 4.74 Å². The van der Waals surface area contributed by atoms with Gasteiger partial charge in [0.2, 0.25) is 0 Å². The monoisotopic (exact) mass is 171 g/mol. The first kappa shape index (κ1) is 10.0. The summed E-state index contributed by atoms with van der Waals surface area (Å²) in [5.41, 5.74) is 0. The van der Waals surface area contributed by atoms with Gasteiger partial charge >= 0.3 is 0 Å². The van der Waals surface area contributed by atoms with Crippen molar-refractivity contribution in [2.24, 2.45) is 5.92 Å². The zero-order valence-corrected chi connectivity index (χ0v) is 8.31. The molecule has 1 aliphatic rings. The Hall–Kier alpha value is -0.0800. The lowest BCUT2D eigenvalue weighted by Gasteiger charge is -2.09. The fourth-order valence-electron chi connectivity index (χ4n) is 1.59. The summed E-state index contributed by atoms with van der Waals surface area (Å²) in [4.78, 5) is 0. The molecule has 1 heterocycles. The molecule has 1 rings (SSSR count). The molecule has 0 amide bonds. The van der Waals surface area contributed by atoms with Crippen LogP contribution in [0.5, 0.6) is 0 Å². The lowest BCUT2D eigenvalue weighted by Crippen LogP contribution is -2.24. The molecule has 0 aromatic heterocycles. The van der Waals surface area contributed by atoms with Gasteiger partial charge < -0.3 is 10.1 Å². The third-order valence-electron chi connectivity index (χ3n) is 2.37. The largest absolute Gasteiger partial charge is 0.381 e. The maximum atomic E-state index is 5.31. The van der Waals surface area contributed by atoms with Crippen molar-refractivity contribution in [2.75, 3.05) is 19.8 Å². The predicted molar refractivity (Wildman–Crippen MR) is 51.3 cm³/mol. The SMILES string of the molecule is CC(C)NCCCC1CCOC1. The van der Waals surface area contributed by atoms with Gasteiger partial charge in [0.15, 0.2) is 0 Å². The van der Waals surface area contributed by atoms with Crippen molar-refractivity contribution in [1.82, 2.24) is 5.32 Å². The Kier molecular flexibility index (Phi) is 4.62. The molecule has 1 unspecified atom stereocenters. The summed E-state index contributed by atoms with van der Waals surface area (Å²) in [6, 6.07) is 0.629. The van der Waals surface area contributed by atoms with E-state index in [4.69, 9.17) is 4.74 Å². The van der Waals surface area contributed by atoms with Crippen molar-refractivity contribution < 1.29 is 4.74 Å². The Morgan fingerprint density at radius 3 is 2.92 bits per heavy atom. The molecule has 0 saturated carbocycles. The van der Waals surface area contributed by atoms with E-state index < -0.39 is 0 Å². The Balaban J connectivity index is 1.88. The molecule has 0 aliphatic carbocycles. The summed E-state index contributed by atoms with van der Waals surface area (Å²) in [6.45, 7) is 7.54. The van der Waals surface area contributed by atoms with E-state index in [0.29, 0.717) is 6.04 Å². The normalized spacial score (nSPS) is 23.8. The van der Waals surface area contributed by atoms with Gasteiger partial charge in [0.05, 0.1) is 0 Å². The maximum absolute atomic E-state index is 5.31. The van der Waals surface area contributed by atoms with Crippen molar-refractivity contribution in [3.8, 4) is 0 Å². The molecule has 1 N–H and O–H groups in total. The number of nitrogens with one attached hydrogen (secondary N) is 1. The van der Waals surface area contributed by atoms with Crippen molar-refractivity contribution in [3.05, 3.63) is 0 Å². The van der Waals surface area contributed by atoms with Gasteiger partial charge in [-0.1, -0.05) is 13.8 Å².